The van der Waals surface area contributed by atoms with E-state index in [1.807, 2.05) is 0 Å². The van der Waals surface area contributed by atoms with E-state index < -0.39 is 39.0 Å². The summed E-state index contributed by atoms with van der Waals surface area (Å²) in [5.74, 6) is -2.75. The third-order valence-electron chi connectivity index (χ3n) is 3.41. The number of sulfonamides is 1. The van der Waals surface area contributed by atoms with Crippen LogP contribution in [0, 0.1) is 11.6 Å². The second-order valence-electron chi connectivity index (χ2n) is 5.15. The van der Waals surface area contributed by atoms with E-state index in [4.69, 9.17) is 23.2 Å². The predicted molar refractivity (Wildman–Crippen MR) is 95.9 cm³/mol. The number of hydrogen-bond acceptors (Lipinski definition) is 3. The van der Waals surface area contributed by atoms with Gasteiger partial charge in [0.05, 0.1) is 22.3 Å². The Morgan fingerprint density at radius 1 is 1.15 bits per heavy atom. The summed E-state index contributed by atoms with van der Waals surface area (Å²) in [6.07, 6.45) is 0. The molecule has 2 aromatic carbocycles. The molecular weight excluding hydrogens is 409 g/mol. The third-order valence-corrected chi connectivity index (χ3v) is 5.98. The number of amides is 1. The fourth-order valence-electron chi connectivity index (χ4n) is 2.14. The number of halogens is 4. The molecule has 0 aliphatic rings. The average molecular weight is 423 g/mol. The lowest BCUT2D eigenvalue weighted by Crippen LogP contribution is -2.38. The fraction of sp³-hybridized carbons (Fsp3) is 0.188. The van der Waals surface area contributed by atoms with Gasteiger partial charge in [-0.3, -0.25) is 4.79 Å². The first kappa shape index (κ1) is 20.6. The number of likely N-dealkylation sites (N-methyl/N-ethyl adjacent to an activating group) is 1. The van der Waals surface area contributed by atoms with Crippen LogP contribution >= 0.6 is 23.2 Å². The quantitative estimate of drug-likeness (QED) is 0.766. The van der Waals surface area contributed by atoms with Crippen molar-refractivity contribution in [1.82, 2.24) is 4.31 Å². The van der Waals surface area contributed by atoms with Gasteiger partial charge in [-0.1, -0.05) is 36.2 Å². The van der Waals surface area contributed by atoms with Crippen molar-refractivity contribution in [3.05, 3.63) is 58.1 Å². The lowest BCUT2D eigenvalue weighted by molar-refractivity contribution is -0.116. The van der Waals surface area contributed by atoms with Crippen molar-refractivity contribution >= 4 is 44.8 Å². The van der Waals surface area contributed by atoms with Crippen LogP contribution < -0.4 is 5.32 Å². The fourth-order valence-corrected chi connectivity index (χ4v) is 4.11. The molecule has 140 valence electrons. The first-order chi connectivity index (χ1) is 12.2. The molecule has 0 saturated carbocycles. The van der Waals surface area contributed by atoms with Crippen molar-refractivity contribution in [1.29, 1.82) is 0 Å². The van der Waals surface area contributed by atoms with Crippen LogP contribution in [-0.2, 0) is 14.8 Å². The van der Waals surface area contributed by atoms with Gasteiger partial charge in [0, 0.05) is 6.54 Å². The Hall–Kier alpha value is -1.74. The summed E-state index contributed by atoms with van der Waals surface area (Å²) in [6, 6.07) is 6.65. The van der Waals surface area contributed by atoms with Gasteiger partial charge in [0.2, 0.25) is 15.9 Å². The normalized spacial score (nSPS) is 11.6. The molecule has 0 unspecified atom stereocenters. The van der Waals surface area contributed by atoms with Gasteiger partial charge < -0.3 is 5.32 Å². The molecule has 0 saturated heterocycles. The number of benzene rings is 2. The van der Waals surface area contributed by atoms with E-state index in [1.165, 1.54) is 19.1 Å². The van der Waals surface area contributed by atoms with Crippen LogP contribution in [0.3, 0.4) is 0 Å². The zero-order chi connectivity index (χ0) is 19.5. The molecule has 0 aliphatic carbocycles. The molecule has 2 rings (SSSR count). The molecule has 2 aromatic rings. The van der Waals surface area contributed by atoms with Gasteiger partial charge in [-0.05, 0) is 30.3 Å². The number of nitrogens with zero attached hydrogens (tertiary/aromatic N) is 1. The van der Waals surface area contributed by atoms with Gasteiger partial charge in [0.1, 0.15) is 16.5 Å². The van der Waals surface area contributed by atoms with Crippen LogP contribution in [0.5, 0.6) is 0 Å². The molecule has 10 heteroatoms. The zero-order valence-corrected chi connectivity index (χ0v) is 15.8. The SMILES string of the molecule is CCN(CC(=O)Nc1c(Cl)cccc1Cl)S(=O)(=O)c1cc(F)ccc1F. The number of nitrogens with one attached hydrogen (secondary N) is 1. The molecule has 0 aromatic heterocycles. The van der Waals surface area contributed by atoms with Crippen LogP contribution in [0.1, 0.15) is 6.92 Å². The molecule has 0 bridgehead atoms. The summed E-state index contributed by atoms with van der Waals surface area (Å²) in [5.41, 5.74) is 0.131. The molecular formula is C16H14Cl2F2N2O3S. The van der Waals surface area contributed by atoms with Gasteiger partial charge in [0.25, 0.3) is 0 Å². The Labute approximate surface area is 159 Å². The van der Waals surface area contributed by atoms with E-state index >= 15 is 0 Å². The summed E-state index contributed by atoms with van der Waals surface area (Å²) < 4.78 is 53.0. The Morgan fingerprint density at radius 3 is 2.35 bits per heavy atom. The first-order valence-electron chi connectivity index (χ1n) is 7.36. The monoisotopic (exact) mass is 422 g/mol. The minimum Gasteiger partial charge on any atom is -0.322 e. The van der Waals surface area contributed by atoms with Crippen molar-refractivity contribution in [2.24, 2.45) is 0 Å². The number of rotatable bonds is 6. The van der Waals surface area contributed by atoms with Gasteiger partial charge in [-0.2, -0.15) is 4.31 Å². The van der Waals surface area contributed by atoms with E-state index in [0.29, 0.717) is 16.4 Å². The molecule has 0 radical (unpaired) electrons. The van der Waals surface area contributed by atoms with E-state index in [1.54, 1.807) is 6.07 Å². The number of anilines is 1. The van der Waals surface area contributed by atoms with Crippen LogP contribution in [0.4, 0.5) is 14.5 Å². The zero-order valence-electron chi connectivity index (χ0n) is 13.5. The van der Waals surface area contributed by atoms with Crippen molar-refractivity contribution in [2.75, 3.05) is 18.4 Å². The Bertz CT molecular complexity index is 919. The van der Waals surface area contributed by atoms with Crippen LogP contribution in [0.2, 0.25) is 10.0 Å². The Balaban J connectivity index is 2.25. The molecule has 26 heavy (non-hydrogen) atoms. The summed E-state index contributed by atoms with van der Waals surface area (Å²) in [4.78, 5) is 11.4. The van der Waals surface area contributed by atoms with E-state index in [9.17, 15) is 22.0 Å². The lowest BCUT2D eigenvalue weighted by Gasteiger charge is -2.20. The summed E-state index contributed by atoms with van der Waals surface area (Å²) in [5, 5.41) is 2.76. The molecule has 0 heterocycles. The molecule has 0 atom stereocenters. The maximum Gasteiger partial charge on any atom is 0.246 e. The predicted octanol–water partition coefficient (Wildman–Crippen LogP) is 3.92. The summed E-state index contributed by atoms with van der Waals surface area (Å²) >= 11 is 11.9. The second-order valence-corrected chi connectivity index (χ2v) is 7.87. The number of para-hydroxylation sites is 1. The molecule has 0 spiro atoms. The maximum atomic E-state index is 13.8. The average Bonchev–Trinajstić information content (AvgIpc) is 2.58. The molecule has 0 fully saturated rings. The Kier molecular flexibility index (Phi) is 6.57. The molecule has 1 amide bonds. The third kappa shape index (κ3) is 4.50. The van der Waals surface area contributed by atoms with Gasteiger partial charge in [0.15, 0.2) is 0 Å². The van der Waals surface area contributed by atoms with Gasteiger partial charge in [-0.15, -0.1) is 0 Å². The van der Waals surface area contributed by atoms with Crippen LogP contribution in [0.15, 0.2) is 41.3 Å². The van der Waals surface area contributed by atoms with Crippen molar-refractivity contribution < 1.29 is 22.0 Å². The number of carbonyl (C=O) groups excluding carboxylic acids is 1. The van der Waals surface area contributed by atoms with Crippen molar-refractivity contribution in [2.45, 2.75) is 11.8 Å². The number of carbonyl (C=O) groups is 1. The van der Waals surface area contributed by atoms with Crippen molar-refractivity contribution in [3.8, 4) is 0 Å². The highest BCUT2D eigenvalue weighted by atomic mass is 35.5. The minimum atomic E-state index is -4.42. The standard InChI is InChI=1S/C16H14Cl2F2N2O3S/c1-2-22(26(24,25)14-8-10(19)6-7-13(14)20)9-15(23)21-16-11(17)4-3-5-12(16)18/h3-8H,2,9H2,1H3,(H,21,23). The molecule has 1 N–H and O–H groups in total. The van der Waals surface area contributed by atoms with Crippen LogP contribution in [-0.4, -0.2) is 31.7 Å². The largest absolute Gasteiger partial charge is 0.322 e. The molecule has 5 nitrogen and oxygen atoms in total. The number of hydrogen-bond donors (Lipinski definition) is 1. The second kappa shape index (κ2) is 8.30. The van der Waals surface area contributed by atoms with Gasteiger partial charge in [-0.25, -0.2) is 17.2 Å². The Morgan fingerprint density at radius 2 is 1.77 bits per heavy atom. The van der Waals surface area contributed by atoms with Crippen LogP contribution in [0.25, 0.3) is 0 Å². The highest BCUT2D eigenvalue weighted by Crippen LogP contribution is 2.30. The maximum absolute atomic E-state index is 13.8. The minimum absolute atomic E-state index is 0.131. The van der Waals surface area contributed by atoms with Crippen molar-refractivity contribution in [3.63, 3.8) is 0 Å². The lowest BCUT2D eigenvalue weighted by atomic mass is 10.3. The summed E-state index contributed by atoms with van der Waals surface area (Å²) in [7, 11) is -4.42. The highest BCUT2D eigenvalue weighted by Gasteiger charge is 2.29. The topological polar surface area (TPSA) is 66.5 Å². The summed E-state index contributed by atoms with van der Waals surface area (Å²) in [6.45, 7) is 0.697. The van der Waals surface area contributed by atoms with E-state index in [-0.39, 0.29) is 22.3 Å². The smallest absolute Gasteiger partial charge is 0.246 e. The van der Waals surface area contributed by atoms with Gasteiger partial charge >= 0.3 is 0 Å². The molecule has 0 aliphatic heterocycles. The first-order valence-corrected chi connectivity index (χ1v) is 9.55. The highest BCUT2D eigenvalue weighted by molar-refractivity contribution is 7.89. The van der Waals surface area contributed by atoms with E-state index in [0.717, 1.165) is 6.07 Å². The van der Waals surface area contributed by atoms with E-state index in [2.05, 4.69) is 5.32 Å².